The van der Waals surface area contributed by atoms with E-state index in [-0.39, 0.29) is 6.10 Å². The minimum atomic E-state index is 0.199. The fourth-order valence-corrected chi connectivity index (χ4v) is 0.955. The Kier molecular flexibility index (Phi) is 3.93. The SMILES string of the molecule is O=COCCOC1CCOC1. The van der Waals surface area contributed by atoms with Crippen LogP contribution in [-0.4, -0.2) is 39.0 Å². The molecule has 0 bridgehead atoms. The van der Waals surface area contributed by atoms with Gasteiger partial charge in [0.1, 0.15) is 6.61 Å². The van der Waals surface area contributed by atoms with Gasteiger partial charge in [-0.3, -0.25) is 4.79 Å². The van der Waals surface area contributed by atoms with Gasteiger partial charge in [0.25, 0.3) is 6.47 Å². The number of hydrogen-bond donors (Lipinski definition) is 0. The molecule has 0 aromatic heterocycles. The molecule has 1 heterocycles. The molecular formula is C7H12O4. The van der Waals surface area contributed by atoms with Crippen LogP contribution < -0.4 is 0 Å². The van der Waals surface area contributed by atoms with E-state index in [1.165, 1.54) is 0 Å². The average Bonchev–Trinajstić information content (AvgIpc) is 2.50. The summed E-state index contributed by atoms with van der Waals surface area (Å²) in [5.74, 6) is 0. The van der Waals surface area contributed by atoms with Crippen LogP contribution in [0.3, 0.4) is 0 Å². The fourth-order valence-electron chi connectivity index (χ4n) is 0.955. The molecule has 0 spiro atoms. The molecule has 1 aliphatic rings. The van der Waals surface area contributed by atoms with E-state index >= 15 is 0 Å². The Morgan fingerprint density at radius 2 is 2.45 bits per heavy atom. The van der Waals surface area contributed by atoms with Gasteiger partial charge >= 0.3 is 0 Å². The van der Waals surface area contributed by atoms with Crippen molar-refractivity contribution >= 4 is 6.47 Å². The van der Waals surface area contributed by atoms with E-state index in [1.807, 2.05) is 0 Å². The minimum Gasteiger partial charge on any atom is -0.465 e. The molecule has 1 rings (SSSR count). The second-order valence-electron chi connectivity index (χ2n) is 2.32. The van der Waals surface area contributed by atoms with Crippen molar-refractivity contribution in [1.82, 2.24) is 0 Å². The van der Waals surface area contributed by atoms with Crippen molar-refractivity contribution in [2.45, 2.75) is 12.5 Å². The van der Waals surface area contributed by atoms with E-state index < -0.39 is 0 Å². The second-order valence-corrected chi connectivity index (χ2v) is 2.32. The number of carbonyl (C=O) groups is 1. The van der Waals surface area contributed by atoms with Crippen molar-refractivity contribution in [3.8, 4) is 0 Å². The molecule has 0 aromatic carbocycles. The van der Waals surface area contributed by atoms with Crippen LogP contribution in [-0.2, 0) is 19.0 Å². The minimum absolute atomic E-state index is 0.199. The molecule has 0 amide bonds. The summed E-state index contributed by atoms with van der Waals surface area (Å²) in [5, 5.41) is 0. The van der Waals surface area contributed by atoms with Crippen molar-refractivity contribution < 1.29 is 19.0 Å². The van der Waals surface area contributed by atoms with Gasteiger partial charge in [-0.2, -0.15) is 0 Å². The predicted octanol–water partition coefficient (Wildman–Crippen LogP) is -0.0351. The van der Waals surface area contributed by atoms with E-state index in [0.29, 0.717) is 26.3 Å². The monoisotopic (exact) mass is 160 g/mol. The highest BCUT2D eigenvalue weighted by atomic mass is 16.6. The Labute approximate surface area is 65.4 Å². The molecule has 1 aliphatic heterocycles. The third-order valence-corrected chi connectivity index (χ3v) is 1.51. The summed E-state index contributed by atoms with van der Waals surface area (Å²) in [6, 6.07) is 0. The van der Waals surface area contributed by atoms with Gasteiger partial charge in [-0.25, -0.2) is 0 Å². The number of hydrogen-bond acceptors (Lipinski definition) is 4. The lowest BCUT2D eigenvalue weighted by atomic mass is 10.3. The van der Waals surface area contributed by atoms with Crippen molar-refractivity contribution in [1.29, 1.82) is 0 Å². The lowest BCUT2D eigenvalue weighted by Gasteiger charge is -2.07. The van der Waals surface area contributed by atoms with E-state index in [4.69, 9.17) is 9.47 Å². The molecule has 0 aromatic rings. The second kappa shape index (κ2) is 5.09. The molecule has 4 heteroatoms. The molecule has 1 saturated heterocycles. The molecule has 0 N–H and O–H groups in total. The Hall–Kier alpha value is -0.610. The van der Waals surface area contributed by atoms with Crippen LogP contribution in [0.15, 0.2) is 0 Å². The molecule has 0 aliphatic carbocycles. The molecule has 0 saturated carbocycles. The molecule has 0 radical (unpaired) electrons. The van der Waals surface area contributed by atoms with Crippen LogP contribution in [0.25, 0.3) is 0 Å². The summed E-state index contributed by atoms with van der Waals surface area (Å²) in [5.41, 5.74) is 0. The van der Waals surface area contributed by atoms with Gasteiger partial charge in [0.15, 0.2) is 0 Å². The quantitative estimate of drug-likeness (QED) is 0.418. The van der Waals surface area contributed by atoms with E-state index in [0.717, 1.165) is 13.0 Å². The summed E-state index contributed by atoms with van der Waals surface area (Å²) in [6.07, 6.45) is 1.14. The Balaban J connectivity index is 1.89. The summed E-state index contributed by atoms with van der Waals surface area (Å²) >= 11 is 0. The van der Waals surface area contributed by atoms with E-state index in [1.54, 1.807) is 0 Å². The van der Waals surface area contributed by atoms with E-state index in [2.05, 4.69) is 4.74 Å². The van der Waals surface area contributed by atoms with Crippen LogP contribution >= 0.6 is 0 Å². The van der Waals surface area contributed by atoms with E-state index in [9.17, 15) is 4.79 Å². The maximum Gasteiger partial charge on any atom is 0.293 e. The highest BCUT2D eigenvalue weighted by Gasteiger charge is 2.15. The summed E-state index contributed by atoms with van der Waals surface area (Å²) in [4.78, 5) is 9.70. The fraction of sp³-hybridized carbons (Fsp3) is 0.857. The van der Waals surface area contributed by atoms with Crippen molar-refractivity contribution in [3.63, 3.8) is 0 Å². The van der Waals surface area contributed by atoms with Gasteiger partial charge in [0.2, 0.25) is 0 Å². The smallest absolute Gasteiger partial charge is 0.293 e. The third kappa shape index (κ3) is 3.34. The van der Waals surface area contributed by atoms with Crippen molar-refractivity contribution in [2.24, 2.45) is 0 Å². The first-order valence-electron chi connectivity index (χ1n) is 3.68. The third-order valence-electron chi connectivity index (χ3n) is 1.51. The van der Waals surface area contributed by atoms with Crippen LogP contribution in [0, 0.1) is 0 Å². The van der Waals surface area contributed by atoms with Gasteiger partial charge in [0.05, 0.1) is 19.3 Å². The molecule has 1 atom stereocenters. The summed E-state index contributed by atoms with van der Waals surface area (Å²) < 4.78 is 14.8. The Morgan fingerprint density at radius 3 is 3.09 bits per heavy atom. The molecule has 64 valence electrons. The molecular weight excluding hydrogens is 148 g/mol. The molecule has 4 nitrogen and oxygen atoms in total. The van der Waals surface area contributed by atoms with Crippen LogP contribution in [0.1, 0.15) is 6.42 Å². The summed E-state index contributed by atoms with van der Waals surface area (Å²) in [7, 11) is 0. The zero-order chi connectivity index (χ0) is 7.94. The van der Waals surface area contributed by atoms with Crippen LogP contribution in [0.4, 0.5) is 0 Å². The normalized spacial score (nSPS) is 23.5. The lowest BCUT2D eigenvalue weighted by molar-refractivity contribution is -0.130. The number of carbonyl (C=O) groups excluding carboxylic acids is 1. The summed E-state index contributed by atoms with van der Waals surface area (Å²) in [6.45, 7) is 2.67. The van der Waals surface area contributed by atoms with Gasteiger partial charge in [0, 0.05) is 6.61 Å². The van der Waals surface area contributed by atoms with Gasteiger partial charge in [-0.1, -0.05) is 0 Å². The van der Waals surface area contributed by atoms with Crippen molar-refractivity contribution in [2.75, 3.05) is 26.4 Å². The average molecular weight is 160 g/mol. The first-order chi connectivity index (χ1) is 5.43. The maximum atomic E-state index is 9.70. The highest BCUT2D eigenvalue weighted by Crippen LogP contribution is 2.07. The topological polar surface area (TPSA) is 44.8 Å². The van der Waals surface area contributed by atoms with Crippen LogP contribution in [0.5, 0.6) is 0 Å². The van der Waals surface area contributed by atoms with Crippen LogP contribution in [0.2, 0.25) is 0 Å². The molecule has 1 fully saturated rings. The largest absolute Gasteiger partial charge is 0.465 e. The Morgan fingerprint density at radius 1 is 1.55 bits per heavy atom. The van der Waals surface area contributed by atoms with Gasteiger partial charge in [-0.05, 0) is 6.42 Å². The first kappa shape index (κ1) is 8.49. The molecule has 11 heavy (non-hydrogen) atoms. The standard InChI is InChI=1S/C7H12O4/c8-6-10-3-4-11-7-1-2-9-5-7/h6-7H,1-5H2. The number of rotatable bonds is 5. The van der Waals surface area contributed by atoms with Gasteiger partial charge < -0.3 is 14.2 Å². The first-order valence-corrected chi connectivity index (χ1v) is 3.68. The lowest BCUT2D eigenvalue weighted by Crippen LogP contribution is -2.15. The number of ether oxygens (including phenoxy) is 3. The Bertz CT molecular complexity index is 109. The zero-order valence-corrected chi connectivity index (χ0v) is 6.32. The molecule has 1 unspecified atom stereocenters. The van der Waals surface area contributed by atoms with Gasteiger partial charge in [-0.15, -0.1) is 0 Å². The zero-order valence-electron chi connectivity index (χ0n) is 6.32. The highest BCUT2D eigenvalue weighted by molar-refractivity contribution is 5.36. The maximum absolute atomic E-state index is 9.70. The van der Waals surface area contributed by atoms with Crippen molar-refractivity contribution in [3.05, 3.63) is 0 Å². The predicted molar refractivity (Wildman–Crippen MR) is 37.2 cm³/mol.